The van der Waals surface area contributed by atoms with Gasteiger partial charge in [-0.05, 0) is 86.6 Å². The van der Waals surface area contributed by atoms with E-state index in [0.29, 0.717) is 0 Å². The van der Waals surface area contributed by atoms with E-state index < -0.39 is 0 Å². The average Bonchev–Trinajstić information content (AvgIpc) is 3.21. The van der Waals surface area contributed by atoms with Crippen LogP contribution in [0.5, 0.6) is 0 Å². The third-order valence-corrected chi connectivity index (χ3v) is 6.51. The summed E-state index contributed by atoms with van der Waals surface area (Å²) >= 11 is 0. The number of aromatic nitrogens is 2. The summed E-state index contributed by atoms with van der Waals surface area (Å²) in [4.78, 5) is 24.6. The highest BCUT2D eigenvalue weighted by Gasteiger charge is 2.27. The predicted octanol–water partition coefficient (Wildman–Crippen LogP) is 3.70. The minimum atomic E-state index is 0.00481. The van der Waals surface area contributed by atoms with Crippen molar-refractivity contribution in [3.63, 3.8) is 0 Å². The van der Waals surface area contributed by atoms with Gasteiger partial charge in [0.25, 0.3) is 0 Å². The second-order valence-electron chi connectivity index (χ2n) is 8.46. The molecular formula is C23H28N4O. The lowest BCUT2D eigenvalue weighted by Gasteiger charge is -2.28. The Morgan fingerprint density at radius 3 is 2.75 bits per heavy atom. The minimum absolute atomic E-state index is 0.00481. The molecule has 1 saturated heterocycles. The van der Waals surface area contributed by atoms with Crippen LogP contribution < -0.4 is 10.2 Å². The first-order valence-electron chi connectivity index (χ1n) is 10.8. The van der Waals surface area contributed by atoms with Crippen LogP contribution in [0.2, 0.25) is 0 Å². The SMILES string of the molecule is O=C(Nc1ccc2c(c1)CCC2)[C@H]1CCc2nc(N3CCCCC3)ncc2C1. The zero-order valence-corrected chi connectivity index (χ0v) is 16.4. The van der Waals surface area contributed by atoms with E-state index in [0.717, 1.165) is 61.7 Å². The number of carbonyl (C=O) groups is 1. The quantitative estimate of drug-likeness (QED) is 0.887. The molecule has 0 bridgehead atoms. The lowest BCUT2D eigenvalue weighted by atomic mass is 9.86. The summed E-state index contributed by atoms with van der Waals surface area (Å²) < 4.78 is 0. The summed E-state index contributed by atoms with van der Waals surface area (Å²) in [7, 11) is 0. The smallest absolute Gasteiger partial charge is 0.227 e. The number of amides is 1. The highest BCUT2D eigenvalue weighted by molar-refractivity contribution is 5.93. The molecule has 5 heteroatoms. The molecule has 2 aliphatic carbocycles. The molecule has 1 atom stereocenters. The number of rotatable bonds is 3. The fraction of sp³-hybridized carbons (Fsp3) is 0.522. The Bertz CT molecular complexity index is 888. The molecule has 1 N–H and O–H groups in total. The van der Waals surface area contributed by atoms with Crippen LogP contribution in [-0.4, -0.2) is 29.0 Å². The molecule has 5 nitrogen and oxygen atoms in total. The third-order valence-electron chi connectivity index (χ3n) is 6.51. The molecule has 0 saturated carbocycles. The predicted molar refractivity (Wildman–Crippen MR) is 111 cm³/mol. The van der Waals surface area contributed by atoms with Crippen molar-refractivity contribution in [2.24, 2.45) is 5.92 Å². The van der Waals surface area contributed by atoms with Crippen LogP contribution in [-0.2, 0) is 30.5 Å². The van der Waals surface area contributed by atoms with Gasteiger partial charge in [-0.2, -0.15) is 0 Å². The average molecular weight is 377 g/mol. The highest BCUT2D eigenvalue weighted by atomic mass is 16.1. The lowest BCUT2D eigenvalue weighted by molar-refractivity contribution is -0.120. The topological polar surface area (TPSA) is 58.1 Å². The molecule has 0 spiro atoms. The lowest BCUT2D eigenvalue weighted by Crippen LogP contribution is -2.32. The zero-order chi connectivity index (χ0) is 18.9. The molecule has 146 valence electrons. The van der Waals surface area contributed by atoms with E-state index in [4.69, 9.17) is 4.98 Å². The Kier molecular flexibility index (Phi) is 4.75. The van der Waals surface area contributed by atoms with Crippen LogP contribution in [0.15, 0.2) is 24.4 Å². The molecule has 1 fully saturated rings. The number of carbonyl (C=O) groups excluding carboxylic acids is 1. The fourth-order valence-electron chi connectivity index (χ4n) is 4.86. The number of nitrogens with one attached hydrogen (secondary N) is 1. The van der Waals surface area contributed by atoms with Gasteiger partial charge in [0.15, 0.2) is 0 Å². The van der Waals surface area contributed by atoms with Gasteiger partial charge in [0.05, 0.1) is 0 Å². The monoisotopic (exact) mass is 376 g/mol. The van der Waals surface area contributed by atoms with E-state index in [1.807, 2.05) is 12.3 Å². The van der Waals surface area contributed by atoms with Crippen LogP contribution in [0.25, 0.3) is 0 Å². The maximum Gasteiger partial charge on any atom is 0.227 e. The molecule has 1 amide bonds. The summed E-state index contributed by atoms with van der Waals surface area (Å²) in [5.74, 6) is 1.01. The van der Waals surface area contributed by atoms with E-state index in [2.05, 4.69) is 27.3 Å². The maximum atomic E-state index is 12.8. The van der Waals surface area contributed by atoms with E-state index in [-0.39, 0.29) is 11.8 Å². The van der Waals surface area contributed by atoms with Gasteiger partial charge < -0.3 is 10.2 Å². The highest BCUT2D eigenvalue weighted by Crippen LogP contribution is 2.29. The second kappa shape index (κ2) is 7.53. The Labute approximate surface area is 166 Å². The molecule has 3 aliphatic rings. The van der Waals surface area contributed by atoms with Gasteiger partial charge in [-0.1, -0.05) is 6.07 Å². The van der Waals surface area contributed by atoms with Gasteiger partial charge in [0, 0.05) is 36.6 Å². The molecule has 1 aromatic heterocycles. The van der Waals surface area contributed by atoms with Crippen LogP contribution in [0.1, 0.15) is 54.5 Å². The zero-order valence-electron chi connectivity index (χ0n) is 16.4. The summed E-state index contributed by atoms with van der Waals surface area (Å²) in [6.45, 7) is 2.12. The van der Waals surface area contributed by atoms with Gasteiger partial charge >= 0.3 is 0 Å². The Hall–Kier alpha value is -2.43. The summed E-state index contributed by atoms with van der Waals surface area (Å²) in [6.07, 6.45) is 11.7. The van der Waals surface area contributed by atoms with Crippen molar-refractivity contribution in [2.45, 2.75) is 57.8 Å². The van der Waals surface area contributed by atoms with Crippen molar-refractivity contribution in [3.8, 4) is 0 Å². The van der Waals surface area contributed by atoms with E-state index >= 15 is 0 Å². The number of hydrogen-bond donors (Lipinski definition) is 1. The van der Waals surface area contributed by atoms with Crippen LogP contribution in [0.4, 0.5) is 11.6 Å². The third kappa shape index (κ3) is 3.50. The van der Waals surface area contributed by atoms with Crippen molar-refractivity contribution in [3.05, 3.63) is 46.8 Å². The van der Waals surface area contributed by atoms with Crippen molar-refractivity contribution in [2.75, 3.05) is 23.3 Å². The largest absolute Gasteiger partial charge is 0.341 e. The minimum Gasteiger partial charge on any atom is -0.341 e. The number of nitrogens with zero attached hydrogens (tertiary/aromatic N) is 3. The first kappa shape index (κ1) is 17.7. The summed E-state index contributed by atoms with van der Waals surface area (Å²) in [5.41, 5.74) is 6.04. The van der Waals surface area contributed by atoms with Crippen molar-refractivity contribution >= 4 is 17.5 Å². The van der Waals surface area contributed by atoms with Crippen molar-refractivity contribution in [1.82, 2.24) is 9.97 Å². The number of hydrogen-bond acceptors (Lipinski definition) is 4. The fourth-order valence-corrected chi connectivity index (χ4v) is 4.86. The second-order valence-corrected chi connectivity index (χ2v) is 8.46. The molecule has 5 rings (SSSR count). The van der Waals surface area contributed by atoms with Crippen LogP contribution in [0, 0.1) is 5.92 Å². The van der Waals surface area contributed by atoms with Gasteiger partial charge in [-0.3, -0.25) is 4.79 Å². The first-order valence-corrected chi connectivity index (χ1v) is 10.8. The number of aryl methyl sites for hydroxylation is 3. The standard InChI is InChI=1S/C23H28N4O/c28-22(25-20-9-7-16-5-4-6-17(16)14-20)18-8-10-21-19(13-18)15-24-23(26-21)27-11-2-1-3-12-27/h7,9,14-15,18H,1-6,8,10-13H2,(H,25,28)/t18-/m0/s1. The molecule has 0 unspecified atom stereocenters. The van der Waals surface area contributed by atoms with E-state index in [9.17, 15) is 4.79 Å². The summed E-state index contributed by atoms with van der Waals surface area (Å²) in [6, 6.07) is 6.38. The van der Waals surface area contributed by atoms with Crippen LogP contribution >= 0.6 is 0 Å². The Morgan fingerprint density at radius 2 is 1.86 bits per heavy atom. The molecule has 1 aromatic carbocycles. The number of fused-ring (bicyclic) bond motifs is 2. The first-order chi connectivity index (χ1) is 13.8. The maximum absolute atomic E-state index is 12.8. The number of benzene rings is 1. The van der Waals surface area contributed by atoms with Crippen molar-refractivity contribution < 1.29 is 4.79 Å². The van der Waals surface area contributed by atoms with Gasteiger partial charge in [-0.25, -0.2) is 9.97 Å². The Morgan fingerprint density at radius 1 is 1.00 bits per heavy atom. The van der Waals surface area contributed by atoms with E-state index in [1.54, 1.807) is 0 Å². The molecule has 2 heterocycles. The molecular weight excluding hydrogens is 348 g/mol. The summed E-state index contributed by atoms with van der Waals surface area (Å²) in [5, 5.41) is 3.15. The number of anilines is 2. The molecule has 2 aromatic rings. The molecule has 0 radical (unpaired) electrons. The van der Waals surface area contributed by atoms with Gasteiger partial charge in [0.2, 0.25) is 11.9 Å². The van der Waals surface area contributed by atoms with E-state index in [1.165, 1.54) is 43.2 Å². The van der Waals surface area contributed by atoms with Gasteiger partial charge in [0.1, 0.15) is 0 Å². The Balaban J connectivity index is 1.25. The molecule has 1 aliphatic heterocycles. The van der Waals surface area contributed by atoms with Crippen molar-refractivity contribution in [1.29, 1.82) is 0 Å². The van der Waals surface area contributed by atoms with Crippen LogP contribution in [0.3, 0.4) is 0 Å². The normalized spacial score (nSPS) is 21.1. The number of piperidine rings is 1. The molecule has 28 heavy (non-hydrogen) atoms. The van der Waals surface area contributed by atoms with Gasteiger partial charge in [-0.15, -0.1) is 0 Å².